The van der Waals surface area contributed by atoms with E-state index >= 15 is 0 Å². The minimum atomic E-state index is -1.02. The molecule has 1 atom stereocenters. The van der Waals surface area contributed by atoms with Crippen LogP contribution in [0.3, 0.4) is 0 Å². The lowest BCUT2D eigenvalue weighted by Crippen LogP contribution is -2.35. The minimum Gasteiger partial charge on any atom is -0.480 e. The summed E-state index contributed by atoms with van der Waals surface area (Å²) in [5, 5.41) is 19.3. The highest BCUT2D eigenvalue weighted by Crippen LogP contribution is 2.03. The monoisotopic (exact) mass is 189 g/mol. The normalized spacial score (nSPS) is 12.1. The number of aliphatic carboxylic acids is 1. The number of aliphatic hydroxyl groups is 1. The van der Waals surface area contributed by atoms with Gasteiger partial charge in [-0.2, -0.15) is 0 Å². The van der Waals surface area contributed by atoms with Crippen molar-refractivity contribution >= 4 is 12.4 Å². The molecule has 0 radical (unpaired) electrons. The lowest BCUT2D eigenvalue weighted by molar-refractivity contribution is -0.140. The molecule has 0 aliphatic rings. The predicted molar refractivity (Wildman–Crippen MR) is 46.2 cm³/mol. The summed E-state index contributed by atoms with van der Waals surface area (Å²) in [5.41, 5.74) is 0. The summed E-state index contributed by atoms with van der Waals surface area (Å²) >= 11 is 0. The van der Waals surface area contributed by atoms with Crippen LogP contribution in [0, 0.1) is 0 Å². The Morgan fingerprint density at radius 3 is 2.54 bits per heavy atom. The van der Waals surface area contributed by atoms with Crippen LogP contribution in [0.4, 0.5) is 0 Å². The van der Waals surface area contributed by atoms with E-state index in [2.05, 4.69) is 5.32 Å². The summed E-state index contributed by atoms with van der Waals surface area (Å²) in [6, 6.07) is -0.795. The SMILES string of the molecule is O=CNC(CCCCCO)C(=O)O. The Hall–Kier alpha value is -1.10. The Morgan fingerprint density at radius 2 is 2.08 bits per heavy atom. The Morgan fingerprint density at radius 1 is 1.38 bits per heavy atom. The van der Waals surface area contributed by atoms with Crippen LogP contribution in [0.15, 0.2) is 0 Å². The maximum Gasteiger partial charge on any atom is 0.326 e. The molecule has 0 aromatic heterocycles. The highest BCUT2D eigenvalue weighted by atomic mass is 16.4. The largest absolute Gasteiger partial charge is 0.480 e. The maximum absolute atomic E-state index is 10.5. The number of nitrogens with one attached hydrogen (secondary N) is 1. The molecule has 0 aromatic rings. The molecule has 0 heterocycles. The van der Waals surface area contributed by atoms with Gasteiger partial charge in [0.1, 0.15) is 6.04 Å². The summed E-state index contributed by atoms with van der Waals surface area (Å²) in [7, 11) is 0. The minimum absolute atomic E-state index is 0.124. The van der Waals surface area contributed by atoms with Gasteiger partial charge in [-0.1, -0.05) is 12.8 Å². The molecule has 5 nitrogen and oxygen atoms in total. The zero-order chi connectivity index (χ0) is 10.1. The van der Waals surface area contributed by atoms with Gasteiger partial charge < -0.3 is 15.5 Å². The number of unbranched alkanes of at least 4 members (excludes halogenated alkanes) is 2. The van der Waals surface area contributed by atoms with Crippen molar-refractivity contribution in [3.05, 3.63) is 0 Å². The van der Waals surface area contributed by atoms with E-state index in [1.54, 1.807) is 0 Å². The van der Waals surface area contributed by atoms with Crippen LogP contribution < -0.4 is 5.32 Å². The molecule has 0 fully saturated rings. The van der Waals surface area contributed by atoms with Crippen molar-refractivity contribution < 1.29 is 19.8 Å². The molecule has 3 N–H and O–H groups in total. The highest BCUT2D eigenvalue weighted by molar-refractivity contribution is 5.76. The zero-order valence-corrected chi connectivity index (χ0v) is 7.40. The van der Waals surface area contributed by atoms with Crippen molar-refractivity contribution in [2.75, 3.05) is 6.61 Å². The lowest BCUT2D eigenvalue weighted by atomic mass is 10.1. The molecule has 0 aliphatic carbocycles. The number of hydrogen-bond acceptors (Lipinski definition) is 3. The van der Waals surface area contributed by atoms with Gasteiger partial charge in [-0.25, -0.2) is 4.79 Å². The molecule has 0 spiro atoms. The molecule has 0 aromatic carbocycles. The van der Waals surface area contributed by atoms with Gasteiger partial charge in [-0.15, -0.1) is 0 Å². The van der Waals surface area contributed by atoms with Gasteiger partial charge in [0.2, 0.25) is 6.41 Å². The number of aliphatic hydroxyl groups excluding tert-OH is 1. The fourth-order valence-electron chi connectivity index (χ4n) is 0.997. The zero-order valence-electron chi connectivity index (χ0n) is 7.40. The average molecular weight is 189 g/mol. The molecule has 0 saturated carbocycles. The van der Waals surface area contributed by atoms with E-state index in [4.69, 9.17) is 10.2 Å². The summed E-state index contributed by atoms with van der Waals surface area (Å²) in [4.78, 5) is 20.5. The maximum atomic E-state index is 10.5. The van der Waals surface area contributed by atoms with Gasteiger partial charge in [0.15, 0.2) is 0 Å². The Kier molecular flexibility index (Phi) is 6.91. The van der Waals surface area contributed by atoms with E-state index in [0.717, 1.165) is 6.42 Å². The second-order valence-corrected chi connectivity index (χ2v) is 2.75. The molecule has 0 saturated heterocycles. The first kappa shape index (κ1) is 11.9. The number of carbonyl (C=O) groups excluding carboxylic acids is 1. The van der Waals surface area contributed by atoms with E-state index in [1.165, 1.54) is 0 Å². The summed E-state index contributed by atoms with van der Waals surface area (Å²) in [6.45, 7) is 0.124. The van der Waals surface area contributed by atoms with Crippen LogP contribution in [0.5, 0.6) is 0 Å². The van der Waals surface area contributed by atoms with E-state index in [1.807, 2.05) is 0 Å². The average Bonchev–Trinajstić information content (AvgIpc) is 2.10. The third kappa shape index (κ3) is 6.10. The van der Waals surface area contributed by atoms with Crippen molar-refractivity contribution in [2.24, 2.45) is 0 Å². The quantitative estimate of drug-likeness (QED) is 0.362. The summed E-state index contributed by atoms with van der Waals surface area (Å²) in [5.74, 6) is -1.02. The van der Waals surface area contributed by atoms with Crippen LogP contribution in [0.2, 0.25) is 0 Å². The molecule has 0 bridgehead atoms. The van der Waals surface area contributed by atoms with Crippen LogP contribution in [0.25, 0.3) is 0 Å². The van der Waals surface area contributed by atoms with E-state index in [9.17, 15) is 9.59 Å². The molecule has 13 heavy (non-hydrogen) atoms. The molecular formula is C8H15NO4. The van der Waals surface area contributed by atoms with Gasteiger partial charge in [0.05, 0.1) is 0 Å². The number of carboxylic acids is 1. The lowest BCUT2D eigenvalue weighted by Gasteiger charge is -2.09. The molecule has 5 heteroatoms. The van der Waals surface area contributed by atoms with Crippen LogP contribution in [-0.2, 0) is 9.59 Å². The molecule has 0 rings (SSSR count). The smallest absolute Gasteiger partial charge is 0.326 e. The van der Waals surface area contributed by atoms with E-state index in [-0.39, 0.29) is 6.61 Å². The molecule has 76 valence electrons. The van der Waals surface area contributed by atoms with Crippen LogP contribution >= 0.6 is 0 Å². The number of amides is 1. The molecule has 0 aliphatic heterocycles. The van der Waals surface area contributed by atoms with Gasteiger partial charge >= 0.3 is 5.97 Å². The number of carboxylic acid groups (broad SMARTS) is 1. The second kappa shape index (κ2) is 7.54. The summed E-state index contributed by atoms with van der Waals surface area (Å²) in [6.07, 6.45) is 2.95. The van der Waals surface area contributed by atoms with Crippen molar-refractivity contribution in [1.82, 2.24) is 5.32 Å². The Labute approximate surface area is 76.8 Å². The molecule has 1 amide bonds. The predicted octanol–water partition coefficient (Wildman–Crippen LogP) is -0.262. The van der Waals surface area contributed by atoms with Crippen molar-refractivity contribution in [3.63, 3.8) is 0 Å². The second-order valence-electron chi connectivity index (χ2n) is 2.75. The third-order valence-electron chi connectivity index (χ3n) is 1.72. The van der Waals surface area contributed by atoms with Crippen molar-refractivity contribution in [2.45, 2.75) is 31.7 Å². The first-order valence-electron chi connectivity index (χ1n) is 4.25. The first-order chi connectivity index (χ1) is 6.22. The number of carbonyl (C=O) groups is 2. The number of rotatable bonds is 8. The van der Waals surface area contributed by atoms with Gasteiger partial charge in [0, 0.05) is 6.61 Å². The van der Waals surface area contributed by atoms with Gasteiger partial charge in [0.25, 0.3) is 0 Å². The van der Waals surface area contributed by atoms with Crippen LogP contribution in [-0.4, -0.2) is 35.2 Å². The van der Waals surface area contributed by atoms with E-state index < -0.39 is 12.0 Å². The van der Waals surface area contributed by atoms with E-state index in [0.29, 0.717) is 25.7 Å². The fourth-order valence-corrected chi connectivity index (χ4v) is 0.997. The van der Waals surface area contributed by atoms with Gasteiger partial charge in [-0.05, 0) is 12.8 Å². The Bertz CT molecular complexity index is 160. The van der Waals surface area contributed by atoms with Gasteiger partial charge in [-0.3, -0.25) is 4.79 Å². The molecular weight excluding hydrogens is 174 g/mol. The standard InChI is InChI=1S/C8H15NO4/c10-5-3-1-2-4-7(8(12)13)9-6-11/h6-7,10H,1-5H2,(H,9,11)(H,12,13). The highest BCUT2D eigenvalue weighted by Gasteiger charge is 2.14. The molecule has 1 unspecified atom stereocenters. The number of hydrogen-bond donors (Lipinski definition) is 3. The van der Waals surface area contributed by atoms with Crippen molar-refractivity contribution in [3.8, 4) is 0 Å². The Balaban J connectivity index is 3.56. The summed E-state index contributed by atoms with van der Waals surface area (Å²) < 4.78 is 0. The topological polar surface area (TPSA) is 86.6 Å². The third-order valence-corrected chi connectivity index (χ3v) is 1.72. The first-order valence-corrected chi connectivity index (χ1v) is 4.25. The van der Waals surface area contributed by atoms with Crippen LogP contribution in [0.1, 0.15) is 25.7 Å². The fraction of sp³-hybridized carbons (Fsp3) is 0.750. The van der Waals surface area contributed by atoms with Crippen molar-refractivity contribution in [1.29, 1.82) is 0 Å².